The predicted octanol–water partition coefficient (Wildman–Crippen LogP) is 1.80. The molecule has 0 saturated heterocycles. The summed E-state index contributed by atoms with van der Waals surface area (Å²) in [5.74, 6) is 0.929. The predicted molar refractivity (Wildman–Crippen MR) is 69.2 cm³/mol. The number of rotatable bonds is 7. The Bertz CT molecular complexity index is 304. The fraction of sp³-hybridized carbons (Fsp3) is 0.500. The second-order valence-electron chi connectivity index (χ2n) is 3.50. The van der Waals surface area contributed by atoms with Gasteiger partial charge in [-0.2, -0.15) is 0 Å². The van der Waals surface area contributed by atoms with E-state index in [2.05, 4.69) is 21.7 Å². The molecule has 1 aromatic rings. The summed E-state index contributed by atoms with van der Waals surface area (Å²) in [7, 11) is 1.14. The maximum absolute atomic E-state index is 11.3. The summed E-state index contributed by atoms with van der Waals surface area (Å²) >= 11 is 3.88. The molecule has 0 aliphatic rings. The number of amides is 1. The van der Waals surface area contributed by atoms with E-state index in [1.54, 1.807) is 6.26 Å². The van der Waals surface area contributed by atoms with E-state index in [9.17, 15) is 4.79 Å². The second-order valence-corrected chi connectivity index (χ2v) is 4.52. The molecule has 4 nitrogen and oxygen atoms in total. The highest BCUT2D eigenvalue weighted by Crippen LogP contribution is 2.05. The molecule has 0 aliphatic carbocycles. The summed E-state index contributed by atoms with van der Waals surface area (Å²) in [6, 6.07) is 3.95. The molecule has 2 N–H and O–H groups in total. The largest absolute Gasteiger partial charge is 0.469 e. The van der Waals surface area contributed by atoms with Crippen molar-refractivity contribution in [1.82, 2.24) is 10.0 Å². The van der Waals surface area contributed by atoms with Gasteiger partial charge in [-0.25, -0.2) is 4.72 Å². The molecule has 1 heterocycles. The molecule has 0 spiro atoms. The molecule has 1 rings (SSSR count). The van der Waals surface area contributed by atoms with Gasteiger partial charge in [0.2, 0.25) is 5.91 Å². The molecule has 0 bridgehead atoms. The highest BCUT2D eigenvalue weighted by molar-refractivity contribution is 8.67. The minimum absolute atomic E-state index is 0.0199. The lowest BCUT2D eigenvalue weighted by Crippen LogP contribution is -2.37. The van der Waals surface area contributed by atoms with Gasteiger partial charge in [-0.05, 0) is 36.5 Å². The first-order valence-corrected chi connectivity index (χ1v) is 6.94. The highest BCUT2D eigenvalue weighted by atomic mass is 33.1. The Morgan fingerprint density at radius 3 is 3.12 bits per heavy atom. The zero-order chi connectivity index (χ0) is 11.8. The minimum Gasteiger partial charge on any atom is -0.469 e. The Hall–Kier alpha value is -0.590. The zero-order valence-corrected chi connectivity index (χ0v) is 10.8. The van der Waals surface area contributed by atoms with Crippen molar-refractivity contribution in [2.24, 2.45) is 0 Å². The van der Waals surface area contributed by atoms with Gasteiger partial charge in [0.05, 0.1) is 12.8 Å². The van der Waals surface area contributed by atoms with Crippen LogP contribution in [0.1, 0.15) is 19.1 Å². The normalized spacial score (nSPS) is 12.4. The molecular formula is C10H16N2O2S2. The topological polar surface area (TPSA) is 54.3 Å². The van der Waals surface area contributed by atoms with E-state index in [4.69, 9.17) is 4.42 Å². The molecule has 0 aromatic carbocycles. The van der Waals surface area contributed by atoms with Crippen molar-refractivity contribution in [3.63, 3.8) is 0 Å². The first-order valence-electron chi connectivity index (χ1n) is 5.07. The first-order chi connectivity index (χ1) is 7.72. The fourth-order valence-corrected chi connectivity index (χ4v) is 1.70. The number of furan rings is 1. The Morgan fingerprint density at radius 1 is 1.69 bits per heavy atom. The maximum Gasteiger partial charge on any atom is 0.235 e. The third-order valence-electron chi connectivity index (χ3n) is 2.11. The van der Waals surface area contributed by atoms with Crippen LogP contribution in [0.4, 0.5) is 0 Å². The van der Waals surface area contributed by atoms with Crippen LogP contribution in [0.15, 0.2) is 22.8 Å². The van der Waals surface area contributed by atoms with Crippen molar-refractivity contribution < 1.29 is 9.21 Å². The van der Waals surface area contributed by atoms with Crippen LogP contribution in [0, 0.1) is 0 Å². The van der Waals surface area contributed by atoms with Gasteiger partial charge < -0.3 is 9.73 Å². The van der Waals surface area contributed by atoms with E-state index < -0.39 is 0 Å². The van der Waals surface area contributed by atoms with Crippen molar-refractivity contribution in [2.75, 3.05) is 6.54 Å². The van der Waals surface area contributed by atoms with Crippen molar-refractivity contribution in [2.45, 2.75) is 25.8 Å². The van der Waals surface area contributed by atoms with Crippen LogP contribution in [-0.2, 0) is 11.2 Å². The zero-order valence-electron chi connectivity index (χ0n) is 9.10. The van der Waals surface area contributed by atoms with E-state index in [-0.39, 0.29) is 18.5 Å². The van der Waals surface area contributed by atoms with E-state index in [1.807, 2.05) is 19.1 Å². The van der Waals surface area contributed by atoms with Gasteiger partial charge in [-0.1, -0.05) is 11.7 Å². The lowest BCUT2D eigenvalue weighted by atomic mass is 10.1. The van der Waals surface area contributed by atoms with Crippen LogP contribution >= 0.6 is 22.6 Å². The lowest BCUT2D eigenvalue weighted by molar-refractivity contribution is -0.120. The fourth-order valence-electron chi connectivity index (χ4n) is 1.31. The van der Waals surface area contributed by atoms with Gasteiger partial charge in [0, 0.05) is 12.5 Å². The smallest absolute Gasteiger partial charge is 0.235 e. The van der Waals surface area contributed by atoms with E-state index in [1.165, 1.54) is 0 Å². The van der Waals surface area contributed by atoms with Crippen molar-refractivity contribution in [3.8, 4) is 0 Å². The SMILES string of the molecule is CC(CCc1ccco1)NC(=O)CNSS. The van der Waals surface area contributed by atoms with Gasteiger partial charge >= 0.3 is 0 Å². The molecule has 0 fully saturated rings. The van der Waals surface area contributed by atoms with Crippen LogP contribution < -0.4 is 10.0 Å². The quantitative estimate of drug-likeness (QED) is 0.397. The van der Waals surface area contributed by atoms with Crippen molar-refractivity contribution in [3.05, 3.63) is 24.2 Å². The molecule has 0 saturated carbocycles. The maximum atomic E-state index is 11.3. The summed E-state index contributed by atoms with van der Waals surface area (Å²) in [6.07, 6.45) is 3.36. The lowest BCUT2D eigenvalue weighted by Gasteiger charge is -2.12. The Kier molecular flexibility index (Phi) is 6.44. The summed E-state index contributed by atoms with van der Waals surface area (Å²) in [5, 5.41) is 2.89. The molecule has 1 atom stereocenters. The number of carbonyl (C=O) groups is 1. The molecule has 1 amide bonds. The molecular weight excluding hydrogens is 244 g/mol. The Labute approximate surface area is 104 Å². The van der Waals surface area contributed by atoms with Crippen LogP contribution in [0.2, 0.25) is 0 Å². The third-order valence-corrected chi connectivity index (χ3v) is 2.77. The van der Waals surface area contributed by atoms with Crippen LogP contribution in [0.3, 0.4) is 0 Å². The minimum atomic E-state index is -0.0199. The van der Waals surface area contributed by atoms with E-state index in [0.717, 1.165) is 29.6 Å². The van der Waals surface area contributed by atoms with Gasteiger partial charge in [0.25, 0.3) is 0 Å². The Morgan fingerprint density at radius 2 is 2.50 bits per heavy atom. The number of hydrogen-bond donors (Lipinski definition) is 3. The summed E-state index contributed by atoms with van der Waals surface area (Å²) in [5.41, 5.74) is 0. The monoisotopic (exact) mass is 260 g/mol. The van der Waals surface area contributed by atoms with Crippen molar-refractivity contribution in [1.29, 1.82) is 0 Å². The molecule has 1 unspecified atom stereocenters. The molecule has 6 heteroatoms. The van der Waals surface area contributed by atoms with Gasteiger partial charge in [-0.3, -0.25) is 4.79 Å². The molecule has 90 valence electrons. The summed E-state index contributed by atoms with van der Waals surface area (Å²) in [6.45, 7) is 2.26. The third kappa shape index (κ3) is 5.48. The highest BCUT2D eigenvalue weighted by Gasteiger charge is 2.07. The Balaban J connectivity index is 2.15. The van der Waals surface area contributed by atoms with Crippen LogP contribution in [0.5, 0.6) is 0 Å². The summed E-state index contributed by atoms with van der Waals surface area (Å²) in [4.78, 5) is 11.3. The average Bonchev–Trinajstić information content (AvgIpc) is 2.76. The molecule has 0 aliphatic heterocycles. The van der Waals surface area contributed by atoms with Gasteiger partial charge in [0.15, 0.2) is 0 Å². The van der Waals surface area contributed by atoms with Crippen LogP contribution in [-0.4, -0.2) is 18.5 Å². The molecule has 0 radical (unpaired) electrons. The first kappa shape index (κ1) is 13.5. The van der Waals surface area contributed by atoms with E-state index in [0.29, 0.717) is 0 Å². The summed E-state index contributed by atoms with van der Waals surface area (Å²) < 4.78 is 7.99. The number of nitrogens with one attached hydrogen (secondary N) is 2. The number of carbonyl (C=O) groups excluding carboxylic acids is 1. The van der Waals surface area contributed by atoms with Crippen molar-refractivity contribution >= 4 is 28.5 Å². The standard InChI is InChI=1S/C10H16N2O2S2/c1-8(12-10(13)7-11-16-15)4-5-9-3-2-6-14-9/h2-3,6,8,11,15H,4-5,7H2,1H3,(H,12,13). The number of hydrogen-bond acceptors (Lipinski definition) is 5. The molecule has 1 aromatic heterocycles. The van der Waals surface area contributed by atoms with Gasteiger partial charge in [-0.15, -0.1) is 0 Å². The van der Waals surface area contributed by atoms with Gasteiger partial charge in [0.1, 0.15) is 5.76 Å². The van der Waals surface area contributed by atoms with Crippen LogP contribution in [0.25, 0.3) is 0 Å². The molecule has 16 heavy (non-hydrogen) atoms. The number of thiol groups is 1. The van der Waals surface area contributed by atoms with E-state index >= 15 is 0 Å². The number of aryl methyl sites for hydroxylation is 1. The second kappa shape index (κ2) is 7.65. The average molecular weight is 260 g/mol.